The highest BCUT2D eigenvalue weighted by atomic mass is 16.5. The van der Waals surface area contributed by atoms with Crippen molar-refractivity contribution in [2.75, 3.05) is 33.4 Å². The molecule has 1 fully saturated rings. The number of hydrogen-bond donors (Lipinski definition) is 0. The first-order valence-corrected chi connectivity index (χ1v) is 10.5. The molecule has 1 aromatic heterocycles. The Hall–Kier alpha value is -2.80. The minimum atomic E-state index is -0.210. The number of nitrogens with zero attached hydrogens (tertiary/aromatic N) is 2. The van der Waals surface area contributed by atoms with Gasteiger partial charge in [0.2, 0.25) is 5.91 Å². The van der Waals surface area contributed by atoms with Crippen molar-refractivity contribution in [3.05, 3.63) is 54.0 Å². The first-order valence-electron chi connectivity index (χ1n) is 10.5. The summed E-state index contributed by atoms with van der Waals surface area (Å²) >= 11 is 0. The van der Waals surface area contributed by atoms with Crippen molar-refractivity contribution in [1.29, 1.82) is 0 Å². The zero-order valence-corrected chi connectivity index (χ0v) is 17.7. The third-order valence-corrected chi connectivity index (χ3v) is 5.17. The highest BCUT2D eigenvalue weighted by molar-refractivity contribution is 5.98. The van der Waals surface area contributed by atoms with Crippen LogP contribution in [0.3, 0.4) is 0 Å². The molecule has 3 rings (SSSR count). The van der Waals surface area contributed by atoms with Gasteiger partial charge in [0.25, 0.3) is 5.91 Å². The fourth-order valence-electron chi connectivity index (χ4n) is 3.66. The number of furan rings is 1. The van der Waals surface area contributed by atoms with Gasteiger partial charge in [-0.05, 0) is 43.5 Å². The average Bonchev–Trinajstić information content (AvgIpc) is 3.46. The van der Waals surface area contributed by atoms with Gasteiger partial charge in [0.15, 0.2) is 0 Å². The molecule has 7 heteroatoms. The number of para-hydroxylation sites is 1. The maximum atomic E-state index is 13.2. The number of hydrogen-bond acceptors (Lipinski definition) is 5. The number of carbonyl (C=O) groups is 2. The Balaban J connectivity index is 1.75. The van der Waals surface area contributed by atoms with Crippen molar-refractivity contribution in [3.8, 4) is 5.75 Å². The number of amides is 2. The van der Waals surface area contributed by atoms with Crippen LogP contribution in [0, 0.1) is 0 Å². The average molecular weight is 415 g/mol. The van der Waals surface area contributed by atoms with Crippen LogP contribution < -0.4 is 4.74 Å². The highest BCUT2D eigenvalue weighted by Crippen LogP contribution is 2.20. The molecule has 1 aliphatic heterocycles. The van der Waals surface area contributed by atoms with Crippen LogP contribution in [0.1, 0.15) is 42.3 Å². The predicted octanol–water partition coefficient (Wildman–Crippen LogP) is 3.35. The summed E-state index contributed by atoms with van der Waals surface area (Å²) in [6.45, 7) is 4.04. The Morgan fingerprint density at radius 2 is 2.00 bits per heavy atom. The van der Waals surface area contributed by atoms with E-state index < -0.39 is 0 Å². The van der Waals surface area contributed by atoms with E-state index in [2.05, 4.69) is 0 Å². The summed E-state index contributed by atoms with van der Waals surface area (Å²) in [7, 11) is 1.54. The van der Waals surface area contributed by atoms with Gasteiger partial charge in [-0.15, -0.1) is 0 Å². The van der Waals surface area contributed by atoms with Crippen molar-refractivity contribution >= 4 is 11.8 Å². The number of rotatable bonds is 10. The van der Waals surface area contributed by atoms with E-state index >= 15 is 0 Å². The summed E-state index contributed by atoms with van der Waals surface area (Å²) in [6.07, 6.45) is 4.30. The molecule has 1 aliphatic rings. The molecule has 1 atom stereocenters. The van der Waals surface area contributed by atoms with Gasteiger partial charge in [-0.3, -0.25) is 9.59 Å². The summed E-state index contributed by atoms with van der Waals surface area (Å²) in [5, 5.41) is 0. The molecule has 162 valence electrons. The fourth-order valence-corrected chi connectivity index (χ4v) is 3.66. The van der Waals surface area contributed by atoms with Gasteiger partial charge in [-0.25, -0.2) is 0 Å². The molecule has 30 heavy (non-hydrogen) atoms. The number of ether oxygens (including phenoxy) is 2. The third kappa shape index (κ3) is 5.63. The van der Waals surface area contributed by atoms with Gasteiger partial charge in [0.05, 0.1) is 31.6 Å². The number of benzene rings is 1. The zero-order valence-electron chi connectivity index (χ0n) is 17.7. The van der Waals surface area contributed by atoms with Crippen LogP contribution in [0.25, 0.3) is 0 Å². The number of carbonyl (C=O) groups excluding carboxylic acids is 2. The van der Waals surface area contributed by atoms with Crippen LogP contribution in [-0.4, -0.2) is 61.1 Å². The van der Waals surface area contributed by atoms with Gasteiger partial charge in [0.1, 0.15) is 18.1 Å². The molecule has 0 aliphatic carbocycles. The molecule has 2 heterocycles. The lowest BCUT2D eigenvalue weighted by Gasteiger charge is -2.29. The topological polar surface area (TPSA) is 72.2 Å². The molecule has 0 unspecified atom stereocenters. The third-order valence-electron chi connectivity index (χ3n) is 5.17. The Morgan fingerprint density at radius 1 is 1.17 bits per heavy atom. The molecular formula is C23H30N2O5. The van der Waals surface area contributed by atoms with Crippen molar-refractivity contribution in [2.24, 2.45) is 0 Å². The maximum absolute atomic E-state index is 13.2. The van der Waals surface area contributed by atoms with Crippen molar-refractivity contribution in [3.63, 3.8) is 0 Å². The second kappa shape index (κ2) is 10.8. The molecule has 1 saturated heterocycles. The van der Waals surface area contributed by atoms with Crippen LogP contribution in [0.2, 0.25) is 0 Å². The predicted molar refractivity (Wildman–Crippen MR) is 112 cm³/mol. The van der Waals surface area contributed by atoms with Crippen molar-refractivity contribution < 1.29 is 23.5 Å². The van der Waals surface area contributed by atoms with E-state index in [9.17, 15) is 9.59 Å². The van der Waals surface area contributed by atoms with Crippen LogP contribution >= 0.6 is 0 Å². The van der Waals surface area contributed by atoms with Gasteiger partial charge in [-0.2, -0.15) is 0 Å². The molecule has 2 aromatic rings. The van der Waals surface area contributed by atoms with E-state index in [0.29, 0.717) is 36.7 Å². The van der Waals surface area contributed by atoms with Crippen molar-refractivity contribution in [2.45, 2.75) is 38.8 Å². The lowest BCUT2D eigenvalue weighted by atomic mass is 10.1. The van der Waals surface area contributed by atoms with Crippen LogP contribution in [-0.2, 0) is 16.1 Å². The van der Waals surface area contributed by atoms with Gasteiger partial charge >= 0.3 is 0 Å². The Labute approximate surface area is 177 Å². The smallest absolute Gasteiger partial charge is 0.258 e. The lowest BCUT2D eigenvalue weighted by Crippen LogP contribution is -2.45. The van der Waals surface area contributed by atoms with Gasteiger partial charge in [0, 0.05) is 19.7 Å². The quantitative estimate of drug-likeness (QED) is 0.596. The molecule has 0 bridgehead atoms. The van der Waals surface area contributed by atoms with E-state index in [-0.39, 0.29) is 24.5 Å². The van der Waals surface area contributed by atoms with Crippen molar-refractivity contribution in [1.82, 2.24) is 9.80 Å². The Morgan fingerprint density at radius 3 is 2.67 bits per heavy atom. The van der Waals surface area contributed by atoms with E-state index in [1.54, 1.807) is 40.3 Å². The summed E-state index contributed by atoms with van der Waals surface area (Å²) in [6, 6.07) is 10.7. The zero-order chi connectivity index (χ0) is 21.3. The first-order chi connectivity index (χ1) is 14.6. The van der Waals surface area contributed by atoms with Crippen LogP contribution in [0.4, 0.5) is 0 Å². The van der Waals surface area contributed by atoms with Crippen LogP contribution in [0.15, 0.2) is 47.1 Å². The van der Waals surface area contributed by atoms with E-state index in [0.717, 1.165) is 25.9 Å². The molecule has 1 aromatic carbocycles. The largest absolute Gasteiger partial charge is 0.496 e. The Bertz CT molecular complexity index is 815. The second-order valence-electron chi connectivity index (χ2n) is 7.42. The summed E-state index contributed by atoms with van der Waals surface area (Å²) in [4.78, 5) is 29.7. The summed E-state index contributed by atoms with van der Waals surface area (Å²) in [5.74, 6) is 0.874. The molecule has 7 nitrogen and oxygen atoms in total. The lowest BCUT2D eigenvalue weighted by molar-refractivity contribution is -0.134. The van der Waals surface area contributed by atoms with Crippen LogP contribution in [0.5, 0.6) is 5.75 Å². The molecular weight excluding hydrogens is 384 g/mol. The summed E-state index contributed by atoms with van der Waals surface area (Å²) < 4.78 is 16.5. The van der Waals surface area contributed by atoms with Gasteiger partial charge in [-0.1, -0.05) is 19.1 Å². The number of methoxy groups -OCH3 is 1. The first kappa shape index (κ1) is 21.9. The van der Waals surface area contributed by atoms with Gasteiger partial charge < -0.3 is 23.7 Å². The minimum absolute atomic E-state index is 0.00183. The summed E-state index contributed by atoms with van der Waals surface area (Å²) in [5.41, 5.74) is 0.456. The van der Waals surface area contributed by atoms with E-state index in [1.807, 2.05) is 19.1 Å². The van der Waals surface area contributed by atoms with E-state index in [4.69, 9.17) is 13.9 Å². The fraction of sp³-hybridized carbons (Fsp3) is 0.478. The minimum Gasteiger partial charge on any atom is -0.496 e. The Kier molecular flexibility index (Phi) is 7.90. The molecule has 2 amide bonds. The SMILES string of the molecule is CCCN(CC(=O)N(Cc1ccco1)C[C@H]1CCCO1)C(=O)c1ccccc1OC. The maximum Gasteiger partial charge on any atom is 0.258 e. The standard InChI is InChI=1S/C23H30N2O5/c1-3-12-24(23(27)20-10-4-5-11-21(20)28-2)17-22(26)25(15-18-8-6-13-29-18)16-19-9-7-14-30-19/h4-6,8,10-11,13,19H,3,7,9,12,14-17H2,1-2H3/t19-/m1/s1. The molecule has 0 N–H and O–H groups in total. The molecule has 0 saturated carbocycles. The molecule has 0 radical (unpaired) electrons. The highest BCUT2D eigenvalue weighted by Gasteiger charge is 2.27. The molecule has 0 spiro atoms. The normalized spacial score (nSPS) is 15.7. The second-order valence-corrected chi connectivity index (χ2v) is 7.42. The van der Waals surface area contributed by atoms with E-state index in [1.165, 1.54) is 7.11 Å². The monoisotopic (exact) mass is 414 g/mol.